The fourth-order valence-electron chi connectivity index (χ4n) is 2.71. The predicted molar refractivity (Wildman–Crippen MR) is 117 cm³/mol. The number of anilines is 1. The predicted octanol–water partition coefficient (Wildman–Crippen LogP) is 4.68. The number of hydrogen-bond acceptors (Lipinski definition) is 4. The maximum absolute atomic E-state index is 12.6. The Morgan fingerprint density at radius 1 is 1.00 bits per heavy atom. The normalized spacial score (nSPS) is 10.4. The Morgan fingerprint density at radius 3 is 2.45 bits per heavy atom. The molecule has 148 valence electrons. The Labute approximate surface area is 175 Å². The molecule has 0 aliphatic rings. The molecule has 0 saturated carbocycles. The van der Waals surface area contributed by atoms with Gasteiger partial charge in [-0.3, -0.25) is 14.6 Å². The summed E-state index contributed by atoms with van der Waals surface area (Å²) in [6, 6.07) is 16.7. The molecule has 1 aromatic heterocycles. The first-order chi connectivity index (χ1) is 14.1. The van der Waals surface area contributed by atoms with E-state index in [0.29, 0.717) is 23.4 Å². The quantitative estimate of drug-likeness (QED) is 0.560. The zero-order valence-corrected chi connectivity index (χ0v) is 17.3. The number of carbonyl (C=O) groups excluding carboxylic acids is 2. The summed E-state index contributed by atoms with van der Waals surface area (Å²) in [7, 11) is 0. The van der Waals surface area contributed by atoms with E-state index in [0.717, 1.165) is 21.8 Å². The monoisotopic (exact) mass is 405 g/mol. The van der Waals surface area contributed by atoms with Gasteiger partial charge in [-0.15, -0.1) is 11.8 Å². The van der Waals surface area contributed by atoms with E-state index in [9.17, 15) is 9.59 Å². The first kappa shape index (κ1) is 20.6. The van der Waals surface area contributed by atoms with Crippen molar-refractivity contribution < 1.29 is 9.59 Å². The van der Waals surface area contributed by atoms with E-state index >= 15 is 0 Å². The lowest BCUT2D eigenvalue weighted by Gasteiger charge is -2.11. The van der Waals surface area contributed by atoms with Crippen molar-refractivity contribution in [2.45, 2.75) is 24.5 Å². The maximum atomic E-state index is 12.6. The number of pyridine rings is 1. The fraction of sp³-hybridized carbons (Fsp3) is 0.174. The molecule has 0 aliphatic heterocycles. The smallest absolute Gasteiger partial charge is 0.255 e. The molecule has 0 radical (unpaired) electrons. The lowest BCUT2D eigenvalue weighted by atomic mass is 10.1. The summed E-state index contributed by atoms with van der Waals surface area (Å²) in [6.45, 7) is 4.32. The third-order valence-electron chi connectivity index (χ3n) is 4.33. The second-order valence-corrected chi connectivity index (χ2v) is 7.57. The molecule has 0 atom stereocenters. The number of nitrogens with zero attached hydrogens (tertiary/aromatic N) is 1. The minimum absolute atomic E-state index is 0.155. The van der Waals surface area contributed by atoms with E-state index in [2.05, 4.69) is 15.6 Å². The Hall–Kier alpha value is -3.12. The molecule has 3 aromatic rings. The molecule has 29 heavy (non-hydrogen) atoms. The zero-order chi connectivity index (χ0) is 20.6. The topological polar surface area (TPSA) is 71.1 Å². The van der Waals surface area contributed by atoms with Crippen LogP contribution in [0.2, 0.25) is 0 Å². The number of thioether (sulfide) groups is 1. The van der Waals surface area contributed by atoms with Gasteiger partial charge in [0.25, 0.3) is 11.8 Å². The summed E-state index contributed by atoms with van der Waals surface area (Å²) in [6.07, 6.45) is 3.61. The van der Waals surface area contributed by atoms with Crippen LogP contribution in [0.4, 0.5) is 5.69 Å². The molecule has 2 aromatic carbocycles. The van der Waals surface area contributed by atoms with Crippen LogP contribution in [0.1, 0.15) is 38.8 Å². The van der Waals surface area contributed by atoms with Gasteiger partial charge in [0.05, 0.1) is 0 Å². The minimum Gasteiger partial charge on any atom is -0.352 e. The van der Waals surface area contributed by atoms with Crippen molar-refractivity contribution in [3.63, 3.8) is 0 Å². The lowest BCUT2D eigenvalue weighted by Crippen LogP contribution is -2.23. The number of hydrogen-bond donors (Lipinski definition) is 2. The van der Waals surface area contributed by atoms with Crippen LogP contribution < -0.4 is 10.6 Å². The van der Waals surface area contributed by atoms with Gasteiger partial charge in [-0.1, -0.05) is 12.1 Å². The Bertz CT molecular complexity index is 989. The van der Waals surface area contributed by atoms with Gasteiger partial charge in [0.2, 0.25) is 0 Å². The van der Waals surface area contributed by atoms with Crippen LogP contribution in [-0.4, -0.2) is 23.3 Å². The van der Waals surface area contributed by atoms with Crippen LogP contribution in [0.5, 0.6) is 0 Å². The Morgan fingerprint density at radius 2 is 1.76 bits per heavy atom. The van der Waals surface area contributed by atoms with E-state index < -0.39 is 0 Å². The van der Waals surface area contributed by atoms with E-state index in [4.69, 9.17) is 0 Å². The molecule has 1 heterocycles. The first-order valence-electron chi connectivity index (χ1n) is 9.39. The molecule has 0 unspecified atom stereocenters. The van der Waals surface area contributed by atoms with Crippen LogP contribution >= 0.6 is 11.8 Å². The van der Waals surface area contributed by atoms with Gasteiger partial charge in [-0.2, -0.15) is 0 Å². The van der Waals surface area contributed by atoms with Gasteiger partial charge in [0.15, 0.2) is 0 Å². The summed E-state index contributed by atoms with van der Waals surface area (Å²) in [5.41, 5.74) is 3.78. The average Bonchev–Trinajstić information content (AvgIpc) is 2.75. The highest BCUT2D eigenvalue weighted by Crippen LogP contribution is 2.23. The van der Waals surface area contributed by atoms with Crippen molar-refractivity contribution in [1.29, 1.82) is 0 Å². The van der Waals surface area contributed by atoms with Crippen molar-refractivity contribution in [3.05, 3.63) is 89.2 Å². The number of amides is 2. The van der Waals surface area contributed by atoms with E-state index in [1.807, 2.05) is 62.5 Å². The van der Waals surface area contributed by atoms with Crippen molar-refractivity contribution in [2.75, 3.05) is 11.9 Å². The van der Waals surface area contributed by atoms with Crippen molar-refractivity contribution in [1.82, 2.24) is 10.3 Å². The van der Waals surface area contributed by atoms with Gasteiger partial charge >= 0.3 is 0 Å². The Kier molecular flexibility index (Phi) is 7.03. The SMILES string of the molecule is CCNC(=O)c1ccc(C)c(NC(=O)c2ccc(SCc3cccnc3)cc2)c1. The van der Waals surface area contributed by atoms with Crippen LogP contribution in [0.3, 0.4) is 0 Å². The highest BCUT2D eigenvalue weighted by Gasteiger charge is 2.11. The average molecular weight is 406 g/mol. The zero-order valence-electron chi connectivity index (χ0n) is 16.4. The molecule has 5 nitrogen and oxygen atoms in total. The molecule has 2 amide bonds. The van der Waals surface area contributed by atoms with Crippen molar-refractivity contribution in [3.8, 4) is 0 Å². The number of benzene rings is 2. The molecule has 0 bridgehead atoms. The first-order valence-corrected chi connectivity index (χ1v) is 10.4. The number of rotatable bonds is 7. The second kappa shape index (κ2) is 9.89. The lowest BCUT2D eigenvalue weighted by molar-refractivity contribution is 0.0954. The molecule has 0 aliphatic carbocycles. The second-order valence-electron chi connectivity index (χ2n) is 6.52. The maximum Gasteiger partial charge on any atom is 0.255 e. The van der Waals surface area contributed by atoms with Gasteiger partial charge in [-0.25, -0.2) is 0 Å². The number of aromatic nitrogens is 1. The molecular formula is C23H23N3O2S. The summed E-state index contributed by atoms with van der Waals surface area (Å²) >= 11 is 1.69. The minimum atomic E-state index is -0.204. The van der Waals surface area contributed by atoms with Gasteiger partial charge < -0.3 is 10.6 Å². The molecule has 6 heteroatoms. The summed E-state index contributed by atoms with van der Waals surface area (Å²) < 4.78 is 0. The molecule has 3 rings (SSSR count). The largest absolute Gasteiger partial charge is 0.352 e. The number of carbonyl (C=O) groups is 2. The molecular weight excluding hydrogens is 382 g/mol. The number of aryl methyl sites for hydroxylation is 1. The van der Waals surface area contributed by atoms with Crippen LogP contribution in [0.25, 0.3) is 0 Å². The molecule has 2 N–H and O–H groups in total. The standard InChI is InChI=1S/C23H23N3O2S/c1-3-25-22(27)19-7-6-16(2)21(13-19)26-23(28)18-8-10-20(11-9-18)29-15-17-5-4-12-24-14-17/h4-14H,3,15H2,1-2H3,(H,25,27)(H,26,28). The van der Waals surface area contributed by atoms with Crippen LogP contribution in [0, 0.1) is 6.92 Å². The Balaban J connectivity index is 1.65. The van der Waals surface area contributed by atoms with Crippen LogP contribution in [0.15, 0.2) is 71.9 Å². The summed E-state index contributed by atoms with van der Waals surface area (Å²) in [5.74, 6) is 0.466. The van der Waals surface area contributed by atoms with E-state index in [1.54, 1.807) is 30.1 Å². The third-order valence-corrected chi connectivity index (χ3v) is 5.41. The van der Waals surface area contributed by atoms with Gasteiger partial charge in [-0.05, 0) is 67.4 Å². The van der Waals surface area contributed by atoms with Gasteiger partial charge in [0, 0.05) is 46.4 Å². The van der Waals surface area contributed by atoms with Crippen molar-refractivity contribution >= 4 is 29.3 Å². The molecule has 0 fully saturated rings. The summed E-state index contributed by atoms with van der Waals surface area (Å²) in [4.78, 5) is 29.9. The van der Waals surface area contributed by atoms with Gasteiger partial charge in [0.1, 0.15) is 0 Å². The highest BCUT2D eigenvalue weighted by molar-refractivity contribution is 7.98. The number of nitrogens with one attached hydrogen (secondary N) is 2. The molecule has 0 spiro atoms. The highest BCUT2D eigenvalue weighted by atomic mass is 32.2. The van der Waals surface area contributed by atoms with E-state index in [-0.39, 0.29) is 11.8 Å². The fourth-order valence-corrected chi connectivity index (χ4v) is 3.54. The third kappa shape index (κ3) is 5.68. The van der Waals surface area contributed by atoms with Crippen molar-refractivity contribution in [2.24, 2.45) is 0 Å². The summed E-state index contributed by atoms with van der Waals surface area (Å²) in [5, 5.41) is 5.67. The molecule has 0 saturated heterocycles. The van der Waals surface area contributed by atoms with Crippen LogP contribution in [-0.2, 0) is 5.75 Å². The van der Waals surface area contributed by atoms with E-state index in [1.165, 1.54) is 0 Å².